The summed E-state index contributed by atoms with van der Waals surface area (Å²) in [7, 11) is 1.47. The molecule has 0 spiro atoms. The number of alkyl halides is 3. The Kier molecular flexibility index (Phi) is 6.88. The van der Waals surface area contributed by atoms with Crippen LogP contribution in [-0.2, 0) is 10.9 Å². The number of rotatable bonds is 6. The van der Waals surface area contributed by atoms with E-state index in [9.17, 15) is 23.2 Å². The maximum Gasteiger partial charge on any atom is 0.420 e. The molecule has 0 aliphatic heterocycles. The second kappa shape index (κ2) is 9.61. The minimum atomic E-state index is -4.77. The quantitative estimate of drug-likeness (QED) is 0.568. The summed E-state index contributed by atoms with van der Waals surface area (Å²) >= 11 is 0. The molecule has 3 heterocycles. The van der Waals surface area contributed by atoms with Gasteiger partial charge in [-0.15, -0.1) is 4.80 Å². The number of anilines is 2. The van der Waals surface area contributed by atoms with Crippen molar-refractivity contribution in [3.63, 3.8) is 0 Å². The summed E-state index contributed by atoms with van der Waals surface area (Å²) in [5, 5.41) is 21.7. The van der Waals surface area contributed by atoms with E-state index < -0.39 is 29.7 Å². The van der Waals surface area contributed by atoms with Crippen LogP contribution >= 0.6 is 0 Å². The Morgan fingerprint density at radius 1 is 1.24 bits per heavy atom. The normalized spacial score (nSPS) is 12.2. The second-order valence-electron chi connectivity index (χ2n) is 6.78. The van der Waals surface area contributed by atoms with Gasteiger partial charge in [0.25, 0.3) is 0 Å². The Morgan fingerprint density at radius 2 is 1.94 bits per heavy atom. The zero-order valence-corrected chi connectivity index (χ0v) is 17.8. The first-order valence-corrected chi connectivity index (χ1v) is 9.63. The van der Waals surface area contributed by atoms with Gasteiger partial charge in [0.15, 0.2) is 5.82 Å². The zero-order chi connectivity index (χ0) is 24.2. The van der Waals surface area contributed by atoms with Gasteiger partial charge in [-0.2, -0.15) is 28.6 Å². The molecule has 0 fully saturated rings. The van der Waals surface area contributed by atoms with Crippen molar-refractivity contribution in [3.05, 3.63) is 53.2 Å². The molecular formula is C20H19F3N8O2. The number of carbonyl (C=O) groups excluding carboxylic acids is 1. The molecule has 0 saturated heterocycles. The number of halogens is 3. The van der Waals surface area contributed by atoms with Crippen molar-refractivity contribution in [2.45, 2.75) is 32.5 Å². The predicted octanol–water partition coefficient (Wildman–Crippen LogP) is 4.00. The number of methoxy groups -OCH3 is 1. The van der Waals surface area contributed by atoms with Crippen molar-refractivity contribution >= 4 is 17.4 Å². The number of amides is 2. The maximum atomic E-state index is 13.6. The average Bonchev–Trinajstić information content (AvgIpc) is 3.30. The van der Waals surface area contributed by atoms with E-state index in [1.807, 2.05) is 6.92 Å². The van der Waals surface area contributed by atoms with Gasteiger partial charge in [0.1, 0.15) is 11.6 Å². The standard InChI is InChI=1S/C20H19F3N8O2/c1-4-16(33-3)17-13(8-24)11(2)25-10-15(17)30-19(32)29-12-7-14(20(21,22)23)18(26-9-12)31-27-5-6-28-31/h5-7,9-10,16H,4H2,1-3H3,(H2,29,30,32)/t16-/m1/s1. The molecule has 0 aliphatic carbocycles. The van der Waals surface area contributed by atoms with E-state index >= 15 is 0 Å². The lowest BCUT2D eigenvalue weighted by Gasteiger charge is -2.20. The van der Waals surface area contributed by atoms with Crippen LogP contribution in [0.4, 0.5) is 29.3 Å². The highest BCUT2D eigenvalue weighted by Gasteiger charge is 2.36. The first-order valence-electron chi connectivity index (χ1n) is 9.63. The third-order valence-electron chi connectivity index (χ3n) is 4.68. The summed E-state index contributed by atoms with van der Waals surface area (Å²) in [6, 6.07) is 1.93. The van der Waals surface area contributed by atoms with Gasteiger partial charge in [0.05, 0.1) is 53.5 Å². The SMILES string of the molecule is CC[C@@H](OC)c1c(NC(=O)Nc2cnc(-n3nccn3)c(C(F)(F)F)c2)cnc(C)c1C#N. The first kappa shape index (κ1) is 23.6. The van der Waals surface area contributed by atoms with Crippen LogP contribution in [-0.4, -0.2) is 38.1 Å². The summed E-state index contributed by atoms with van der Waals surface area (Å²) in [5.41, 5.74) is -0.0125. The molecule has 0 unspecified atom stereocenters. The molecule has 172 valence electrons. The van der Waals surface area contributed by atoms with Crippen LogP contribution < -0.4 is 10.6 Å². The average molecular weight is 460 g/mol. The molecule has 0 radical (unpaired) electrons. The van der Waals surface area contributed by atoms with Crippen molar-refractivity contribution in [3.8, 4) is 11.9 Å². The Balaban J connectivity index is 1.91. The van der Waals surface area contributed by atoms with Gasteiger partial charge in [0.2, 0.25) is 0 Å². The third-order valence-corrected chi connectivity index (χ3v) is 4.68. The smallest absolute Gasteiger partial charge is 0.377 e. The predicted molar refractivity (Wildman–Crippen MR) is 111 cm³/mol. The van der Waals surface area contributed by atoms with Crippen molar-refractivity contribution in [1.82, 2.24) is 25.0 Å². The second-order valence-corrected chi connectivity index (χ2v) is 6.78. The summed E-state index contributed by atoms with van der Waals surface area (Å²) in [6.07, 6.45) is 0.0717. The molecule has 13 heteroatoms. The number of nitrogens with zero attached hydrogens (tertiary/aromatic N) is 6. The molecule has 0 saturated carbocycles. The van der Waals surface area contributed by atoms with Gasteiger partial charge in [-0.1, -0.05) is 6.92 Å². The number of pyridine rings is 2. The van der Waals surface area contributed by atoms with Gasteiger partial charge < -0.3 is 15.4 Å². The highest BCUT2D eigenvalue weighted by Crippen LogP contribution is 2.34. The number of hydrogen-bond acceptors (Lipinski definition) is 7. The highest BCUT2D eigenvalue weighted by molar-refractivity contribution is 6.00. The molecule has 10 nitrogen and oxygen atoms in total. The molecule has 3 aromatic heterocycles. The number of nitrogens with one attached hydrogen (secondary N) is 2. The Bertz CT molecular complexity index is 1190. The molecule has 2 amide bonds. The molecule has 1 atom stereocenters. The number of urea groups is 1. The fourth-order valence-corrected chi connectivity index (χ4v) is 3.19. The highest BCUT2D eigenvalue weighted by atomic mass is 19.4. The first-order chi connectivity index (χ1) is 15.7. The van der Waals surface area contributed by atoms with Crippen LogP contribution in [0.15, 0.2) is 30.9 Å². The van der Waals surface area contributed by atoms with Crippen LogP contribution in [0, 0.1) is 18.3 Å². The summed E-state index contributed by atoms with van der Waals surface area (Å²) < 4.78 is 46.1. The molecule has 33 heavy (non-hydrogen) atoms. The molecule has 2 N–H and O–H groups in total. The van der Waals surface area contributed by atoms with E-state index in [0.29, 0.717) is 17.7 Å². The van der Waals surface area contributed by atoms with Crippen LogP contribution in [0.5, 0.6) is 0 Å². The number of carbonyl (C=O) groups is 1. The van der Waals surface area contributed by atoms with Crippen LogP contribution in [0.25, 0.3) is 5.82 Å². The van der Waals surface area contributed by atoms with Gasteiger partial charge in [0, 0.05) is 12.7 Å². The zero-order valence-electron chi connectivity index (χ0n) is 17.8. The monoisotopic (exact) mass is 460 g/mol. The number of aryl methyl sites for hydroxylation is 1. The third kappa shape index (κ3) is 5.07. The topological polar surface area (TPSA) is 131 Å². The van der Waals surface area contributed by atoms with Crippen molar-refractivity contribution in [2.75, 3.05) is 17.7 Å². The van der Waals surface area contributed by atoms with Crippen molar-refractivity contribution < 1.29 is 22.7 Å². The van der Waals surface area contributed by atoms with Gasteiger partial charge in [-0.25, -0.2) is 9.78 Å². The Morgan fingerprint density at radius 3 is 2.52 bits per heavy atom. The van der Waals surface area contributed by atoms with E-state index in [2.05, 4.69) is 36.9 Å². The van der Waals surface area contributed by atoms with E-state index in [1.54, 1.807) is 6.92 Å². The summed E-state index contributed by atoms with van der Waals surface area (Å²) in [4.78, 5) is 21.2. The molecule has 0 aliphatic rings. The van der Waals surface area contributed by atoms with E-state index in [1.165, 1.54) is 25.7 Å². The van der Waals surface area contributed by atoms with Crippen LogP contribution in [0.1, 0.15) is 41.8 Å². The fourth-order valence-electron chi connectivity index (χ4n) is 3.19. The van der Waals surface area contributed by atoms with E-state index in [4.69, 9.17) is 4.74 Å². The molecule has 3 aromatic rings. The minimum Gasteiger partial charge on any atom is -0.377 e. The lowest BCUT2D eigenvalue weighted by molar-refractivity contribution is -0.137. The van der Waals surface area contributed by atoms with Crippen molar-refractivity contribution in [1.29, 1.82) is 5.26 Å². The van der Waals surface area contributed by atoms with Gasteiger partial charge >= 0.3 is 12.2 Å². The summed E-state index contributed by atoms with van der Waals surface area (Å²) in [5.74, 6) is -0.534. The molecule has 3 rings (SSSR count). The van der Waals surface area contributed by atoms with Gasteiger partial charge in [-0.05, 0) is 19.4 Å². The minimum absolute atomic E-state index is 0.199. The number of ether oxygens (including phenoxy) is 1. The van der Waals surface area contributed by atoms with Crippen LogP contribution in [0.2, 0.25) is 0 Å². The van der Waals surface area contributed by atoms with E-state index in [0.717, 1.165) is 17.1 Å². The number of nitriles is 1. The van der Waals surface area contributed by atoms with E-state index in [-0.39, 0.29) is 16.9 Å². The lowest BCUT2D eigenvalue weighted by Crippen LogP contribution is -2.23. The molecular weight excluding hydrogens is 441 g/mol. The maximum absolute atomic E-state index is 13.6. The molecule has 0 aromatic carbocycles. The van der Waals surface area contributed by atoms with Crippen molar-refractivity contribution in [2.24, 2.45) is 0 Å². The fraction of sp³-hybridized carbons (Fsp3) is 0.300. The Hall–Kier alpha value is -4.05. The lowest BCUT2D eigenvalue weighted by atomic mass is 9.99. The molecule has 0 bridgehead atoms. The number of hydrogen-bond donors (Lipinski definition) is 2. The Labute approximate surface area is 186 Å². The summed E-state index contributed by atoms with van der Waals surface area (Å²) in [6.45, 7) is 3.49. The number of aromatic nitrogens is 5. The van der Waals surface area contributed by atoms with Gasteiger partial charge in [-0.3, -0.25) is 4.98 Å². The largest absolute Gasteiger partial charge is 0.420 e. The van der Waals surface area contributed by atoms with Crippen LogP contribution in [0.3, 0.4) is 0 Å².